The Balaban J connectivity index is 1.36. The summed E-state index contributed by atoms with van der Waals surface area (Å²) in [4.78, 5) is 6.95. The highest BCUT2D eigenvalue weighted by Gasteiger charge is 2.39. The van der Waals surface area contributed by atoms with E-state index in [2.05, 4.69) is 34.4 Å². The van der Waals surface area contributed by atoms with E-state index >= 15 is 0 Å². The Morgan fingerprint density at radius 1 is 1.24 bits per heavy atom. The van der Waals surface area contributed by atoms with Gasteiger partial charge in [0.2, 0.25) is 0 Å². The van der Waals surface area contributed by atoms with Gasteiger partial charge >= 0.3 is 0 Å². The van der Waals surface area contributed by atoms with Crippen molar-refractivity contribution < 1.29 is 0 Å². The minimum Gasteiger partial charge on any atom is -0.374 e. The van der Waals surface area contributed by atoms with E-state index in [0.717, 1.165) is 30.3 Å². The second kappa shape index (κ2) is 5.60. The molecule has 3 aliphatic carbocycles. The number of rotatable bonds is 6. The van der Waals surface area contributed by atoms with Crippen molar-refractivity contribution in [2.75, 3.05) is 18.5 Å². The van der Waals surface area contributed by atoms with Crippen LogP contribution in [0.3, 0.4) is 0 Å². The van der Waals surface area contributed by atoms with Crippen molar-refractivity contribution in [3.63, 3.8) is 0 Å². The first-order valence-electron chi connectivity index (χ1n) is 8.67. The van der Waals surface area contributed by atoms with E-state index in [4.69, 9.17) is 0 Å². The van der Waals surface area contributed by atoms with Crippen molar-refractivity contribution in [2.45, 2.75) is 51.1 Å². The molecule has 1 aromatic heterocycles. The molecular weight excluding hydrogens is 258 g/mol. The second-order valence-electron chi connectivity index (χ2n) is 7.48. The van der Waals surface area contributed by atoms with Crippen LogP contribution < -0.4 is 10.2 Å². The van der Waals surface area contributed by atoms with Crippen LogP contribution in [0.2, 0.25) is 0 Å². The van der Waals surface area contributed by atoms with Gasteiger partial charge in [-0.3, -0.25) is 4.98 Å². The van der Waals surface area contributed by atoms with Crippen molar-refractivity contribution in [3.8, 4) is 0 Å². The average Bonchev–Trinajstić information content (AvgIpc) is 3.11. The number of nitrogens with zero attached hydrogens (tertiary/aromatic N) is 2. The van der Waals surface area contributed by atoms with Crippen LogP contribution in [0.5, 0.6) is 0 Å². The summed E-state index contributed by atoms with van der Waals surface area (Å²) in [7, 11) is 2.25. The van der Waals surface area contributed by atoms with Crippen molar-refractivity contribution in [1.82, 2.24) is 10.3 Å². The van der Waals surface area contributed by atoms with Crippen LogP contribution in [0, 0.1) is 17.8 Å². The molecule has 1 N–H and O–H groups in total. The van der Waals surface area contributed by atoms with Gasteiger partial charge in [-0.15, -0.1) is 0 Å². The molecule has 21 heavy (non-hydrogen) atoms. The van der Waals surface area contributed by atoms with Gasteiger partial charge in [-0.25, -0.2) is 0 Å². The fourth-order valence-electron chi connectivity index (χ4n) is 4.39. The number of pyridine rings is 1. The smallest absolute Gasteiger partial charge is 0.0562 e. The SMILES string of the molecule is CN(CC1CC2CCC1C2)c1ccnc(CNC2CC2)c1. The molecule has 1 aromatic rings. The number of nitrogens with one attached hydrogen (secondary N) is 1. The van der Waals surface area contributed by atoms with E-state index < -0.39 is 0 Å². The van der Waals surface area contributed by atoms with Crippen LogP contribution >= 0.6 is 0 Å². The summed E-state index contributed by atoms with van der Waals surface area (Å²) >= 11 is 0. The van der Waals surface area contributed by atoms with Crippen molar-refractivity contribution in [3.05, 3.63) is 24.0 Å². The van der Waals surface area contributed by atoms with Crippen molar-refractivity contribution in [2.24, 2.45) is 17.8 Å². The lowest BCUT2D eigenvalue weighted by molar-refractivity contribution is 0.337. The molecule has 0 spiro atoms. The predicted octanol–water partition coefficient (Wildman–Crippen LogP) is 3.21. The lowest BCUT2D eigenvalue weighted by atomic mass is 9.88. The van der Waals surface area contributed by atoms with Gasteiger partial charge in [0.25, 0.3) is 0 Å². The largest absolute Gasteiger partial charge is 0.374 e. The highest BCUT2D eigenvalue weighted by atomic mass is 15.1. The molecule has 0 amide bonds. The highest BCUT2D eigenvalue weighted by Crippen LogP contribution is 2.48. The Bertz CT molecular complexity index is 497. The van der Waals surface area contributed by atoms with Gasteiger partial charge in [0.1, 0.15) is 0 Å². The summed E-state index contributed by atoms with van der Waals surface area (Å²) in [5.74, 6) is 2.98. The molecule has 3 atom stereocenters. The molecule has 3 heteroatoms. The first-order chi connectivity index (χ1) is 10.3. The third-order valence-electron chi connectivity index (χ3n) is 5.78. The Morgan fingerprint density at radius 3 is 2.86 bits per heavy atom. The van der Waals surface area contributed by atoms with Crippen LogP contribution in [-0.2, 0) is 6.54 Å². The summed E-state index contributed by atoms with van der Waals surface area (Å²) in [6.07, 6.45) is 10.6. The summed E-state index contributed by atoms with van der Waals surface area (Å²) in [5, 5.41) is 3.55. The van der Waals surface area contributed by atoms with E-state index in [1.54, 1.807) is 0 Å². The monoisotopic (exact) mass is 285 g/mol. The zero-order valence-corrected chi connectivity index (χ0v) is 13.1. The van der Waals surface area contributed by atoms with Gasteiger partial charge in [-0.2, -0.15) is 0 Å². The van der Waals surface area contributed by atoms with E-state index in [-0.39, 0.29) is 0 Å². The Labute approximate surface area is 128 Å². The van der Waals surface area contributed by atoms with Gasteiger partial charge < -0.3 is 10.2 Å². The molecular formula is C18H27N3. The first-order valence-corrected chi connectivity index (χ1v) is 8.67. The van der Waals surface area contributed by atoms with Gasteiger partial charge in [0, 0.05) is 38.1 Å². The minimum absolute atomic E-state index is 0.752. The third-order valence-corrected chi connectivity index (χ3v) is 5.78. The zero-order valence-electron chi connectivity index (χ0n) is 13.1. The molecule has 114 valence electrons. The molecule has 0 radical (unpaired) electrons. The Morgan fingerprint density at radius 2 is 2.14 bits per heavy atom. The maximum absolute atomic E-state index is 4.50. The number of aromatic nitrogens is 1. The van der Waals surface area contributed by atoms with Crippen LogP contribution in [-0.4, -0.2) is 24.6 Å². The van der Waals surface area contributed by atoms with E-state index in [1.165, 1.54) is 56.5 Å². The normalized spacial score (nSPS) is 30.8. The standard InChI is InChI=1S/C18H27N3/c1-21(12-15-9-13-2-3-14(15)8-13)18-6-7-19-17(10-18)11-20-16-4-5-16/h6-7,10,13-16,20H,2-5,8-9,11-12H2,1H3. The van der Waals surface area contributed by atoms with Gasteiger partial charge in [0.05, 0.1) is 5.69 Å². The third kappa shape index (κ3) is 3.08. The van der Waals surface area contributed by atoms with E-state index in [0.29, 0.717) is 0 Å². The zero-order chi connectivity index (χ0) is 14.2. The van der Waals surface area contributed by atoms with Gasteiger partial charge in [0.15, 0.2) is 0 Å². The molecule has 4 rings (SSSR count). The number of anilines is 1. The number of fused-ring (bicyclic) bond motifs is 2. The summed E-state index contributed by atoms with van der Waals surface area (Å²) in [6.45, 7) is 2.14. The van der Waals surface area contributed by atoms with Crippen LogP contribution in [0.25, 0.3) is 0 Å². The molecule has 0 aliphatic heterocycles. The molecule has 1 heterocycles. The van der Waals surface area contributed by atoms with Crippen LogP contribution in [0.4, 0.5) is 5.69 Å². The number of hydrogen-bond donors (Lipinski definition) is 1. The Kier molecular flexibility index (Phi) is 3.62. The van der Waals surface area contributed by atoms with Crippen molar-refractivity contribution in [1.29, 1.82) is 0 Å². The summed E-state index contributed by atoms with van der Waals surface area (Å²) in [6, 6.07) is 5.18. The first kappa shape index (κ1) is 13.6. The molecule has 3 saturated carbocycles. The summed E-state index contributed by atoms with van der Waals surface area (Å²) in [5.41, 5.74) is 2.51. The second-order valence-corrected chi connectivity index (χ2v) is 7.48. The quantitative estimate of drug-likeness (QED) is 0.870. The van der Waals surface area contributed by atoms with E-state index in [1.807, 2.05) is 6.20 Å². The average molecular weight is 285 g/mol. The van der Waals surface area contributed by atoms with Crippen LogP contribution in [0.15, 0.2) is 18.3 Å². The fraction of sp³-hybridized carbons (Fsp3) is 0.722. The predicted molar refractivity (Wildman–Crippen MR) is 86.3 cm³/mol. The number of hydrogen-bond acceptors (Lipinski definition) is 3. The molecule has 0 aromatic carbocycles. The maximum atomic E-state index is 4.50. The molecule has 2 bridgehead atoms. The molecule has 0 saturated heterocycles. The molecule has 3 nitrogen and oxygen atoms in total. The molecule has 3 unspecified atom stereocenters. The Hall–Kier alpha value is -1.09. The fourth-order valence-corrected chi connectivity index (χ4v) is 4.39. The van der Waals surface area contributed by atoms with Crippen LogP contribution in [0.1, 0.15) is 44.2 Å². The minimum atomic E-state index is 0.752. The summed E-state index contributed by atoms with van der Waals surface area (Å²) < 4.78 is 0. The lowest BCUT2D eigenvalue weighted by Crippen LogP contribution is -2.28. The van der Waals surface area contributed by atoms with E-state index in [9.17, 15) is 0 Å². The molecule has 3 aliphatic rings. The maximum Gasteiger partial charge on any atom is 0.0562 e. The highest BCUT2D eigenvalue weighted by molar-refractivity contribution is 5.45. The lowest BCUT2D eigenvalue weighted by Gasteiger charge is -2.28. The van der Waals surface area contributed by atoms with Gasteiger partial charge in [-0.05, 0) is 62.0 Å². The molecule has 3 fully saturated rings. The van der Waals surface area contributed by atoms with Crippen molar-refractivity contribution >= 4 is 5.69 Å². The topological polar surface area (TPSA) is 28.2 Å². The van der Waals surface area contributed by atoms with Gasteiger partial charge in [-0.1, -0.05) is 6.42 Å².